The maximum absolute atomic E-state index is 7.42. The highest BCUT2D eigenvalue weighted by atomic mass is 35.5. The van der Waals surface area contributed by atoms with E-state index >= 15 is 0 Å². The maximum Gasteiger partial charge on any atom is 0.180 e. The Bertz CT molecular complexity index is 261. The fraction of sp³-hybridized carbons (Fsp3) is 0.364. The Hall–Kier alpha value is -1.02. The van der Waals surface area contributed by atoms with Gasteiger partial charge >= 0.3 is 0 Å². The fourth-order valence-corrected chi connectivity index (χ4v) is 1.15. The standard InChI is InChI=1S/C11H15NO.ClH/c1-2-13-11(12)9-8-10-6-4-3-5-7-10;/h3-7,12H,2,8-9H2,1H3;1H. The van der Waals surface area contributed by atoms with Gasteiger partial charge in [-0.2, -0.15) is 0 Å². The number of benzene rings is 1. The quantitative estimate of drug-likeness (QED) is 0.605. The van der Waals surface area contributed by atoms with Gasteiger partial charge in [0.05, 0.1) is 6.61 Å². The Morgan fingerprint density at radius 2 is 1.93 bits per heavy atom. The molecule has 78 valence electrons. The van der Waals surface area contributed by atoms with Crippen LogP contribution < -0.4 is 0 Å². The van der Waals surface area contributed by atoms with E-state index in [9.17, 15) is 0 Å². The van der Waals surface area contributed by atoms with E-state index in [1.54, 1.807) is 0 Å². The van der Waals surface area contributed by atoms with Gasteiger partial charge in [0.25, 0.3) is 0 Å². The number of halogens is 1. The van der Waals surface area contributed by atoms with Crippen LogP contribution in [0, 0.1) is 5.41 Å². The molecule has 0 atom stereocenters. The average molecular weight is 214 g/mol. The Kier molecular flexibility index (Phi) is 6.85. The van der Waals surface area contributed by atoms with Crippen LogP contribution in [0.4, 0.5) is 0 Å². The van der Waals surface area contributed by atoms with Crippen molar-refractivity contribution in [3.05, 3.63) is 35.9 Å². The number of nitrogens with one attached hydrogen (secondary N) is 1. The predicted molar refractivity (Wildman–Crippen MR) is 61.4 cm³/mol. The zero-order valence-corrected chi connectivity index (χ0v) is 9.14. The third kappa shape index (κ3) is 4.87. The lowest BCUT2D eigenvalue weighted by Gasteiger charge is -2.04. The van der Waals surface area contributed by atoms with Crippen LogP contribution >= 0.6 is 12.4 Å². The second-order valence-electron chi connectivity index (χ2n) is 2.84. The normalized spacial score (nSPS) is 8.93. The van der Waals surface area contributed by atoms with E-state index in [1.165, 1.54) is 5.56 Å². The first kappa shape index (κ1) is 13.0. The van der Waals surface area contributed by atoms with Gasteiger partial charge in [-0.05, 0) is 18.9 Å². The molecule has 0 unspecified atom stereocenters. The largest absolute Gasteiger partial charge is 0.481 e. The van der Waals surface area contributed by atoms with Gasteiger partial charge in [-0.3, -0.25) is 5.41 Å². The van der Waals surface area contributed by atoms with Crippen LogP contribution in [0.5, 0.6) is 0 Å². The lowest BCUT2D eigenvalue weighted by atomic mass is 10.1. The van der Waals surface area contributed by atoms with Gasteiger partial charge in [0.15, 0.2) is 5.90 Å². The molecule has 2 nitrogen and oxygen atoms in total. The van der Waals surface area contributed by atoms with E-state index in [1.807, 2.05) is 25.1 Å². The summed E-state index contributed by atoms with van der Waals surface area (Å²) in [5.74, 6) is 0.381. The van der Waals surface area contributed by atoms with Crippen molar-refractivity contribution in [1.29, 1.82) is 5.41 Å². The molecule has 0 aromatic heterocycles. The van der Waals surface area contributed by atoms with Crippen LogP contribution in [-0.4, -0.2) is 12.5 Å². The van der Waals surface area contributed by atoms with Gasteiger partial charge in [0, 0.05) is 6.42 Å². The minimum Gasteiger partial charge on any atom is -0.481 e. The summed E-state index contributed by atoms with van der Waals surface area (Å²) in [6, 6.07) is 10.2. The molecular weight excluding hydrogens is 198 g/mol. The third-order valence-electron chi connectivity index (χ3n) is 1.80. The topological polar surface area (TPSA) is 33.1 Å². The Morgan fingerprint density at radius 3 is 2.50 bits per heavy atom. The average Bonchev–Trinajstić information content (AvgIpc) is 2.17. The second-order valence-corrected chi connectivity index (χ2v) is 2.84. The first-order chi connectivity index (χ1) is 6.33. The molecular formula is C11H16ClNO. The van der Waals surface area contributed by atoms with E-state index in [0.29, 0.717) is 18.9 Å². The summed E-state index contributed by atoms with van der Waals surface area (Å²) in [5.41, 5.74) is 1.26. The lowest BCUT2D eigenvalue weighted by molar-refractivity contribution is 0.314. The van der Waals surface area contributed by atoms with Gasteiger partial charge in [-0.15, -0.1) is 12.4 Å². The number of aryl methyl sites for hydroxylation is 1. The molecule has 0 aliphatic carbocycles. The highest BCUT2D eigenvalue weighted by Gasteiger charge is 1.97. The summed E-state index contributed by atoms with van der Waals surface area (Å²) in [7, 11) is 0. The molecule has 0 saturated carbocycles. The van der Waals surface area contributed by atoms with Crippen molar-refractivity contribution in [3.63, 3.8) is 0 Å². The molecule has 0 fully saturated rings. The Balaban J connectivity index is 0.00000169. The van der Waals surface area contributed by atoms with Crippen molar-refractivity contribution in [1.82, 2.24) is 0 Å². The van der Waals surface area contributed by atoms with Crippen molar-refractivity contribution >= 4 is 18.3 Å². The second kappa shape index (κ2) is 7.39. The molecule has 0 spiro atoms. The SMILES string of the molecule is CCOC(=N)CCc1ccccc1.Cl. The van der Waals surface area contributed by atoms with Gasteiger partial charge in [-0.1, -0.05) is 30.3 Å². The highest BCUT2D eigenvalue weighted by molar-refractivity contribution is 5.85. The third-order valence-corrected chi connectivity index (χ3v) is 1.80. The fourth-order valence-electron chi connectivity index (χ4n) is 1.15. The van der Waals surface area contributed by atoms with E-state index in [4.69, 9.17) is 10.1 Å². The number of hydrogen-bond donors (Lipinski definition) is 1. The molecule has 1 aromatic carbocycles. The Labute approximate surface area is 91.2 Å². The number of hydrogen-bond acceptors (Lipinski definition) is 2. The van der Waals surface area contributed by atoms with E-state index in [2.05, 4.69) is 12.1 Å². The molecule has 1 aromatic rings. The van der Waals surface area contributed by atoms with Crippen LogP contribution in [0.15, 0.2) is 30.3 Å². The molecule has 0 heterocycles. The molecule has 3 heteroatoms. The van der Waals surface area contributed by atoms with E-state index in [0.717, 1.165) is 6.42 Å². The van der Waals surface area contributed by atoms with Crippen molar-refractivity contribution in [2.75, 3.05) is 6.61 Å². The number of ether oxygens (including phenoxy) is 1. The smallest absolute Gasteiger partial charge is 0.180 e. The molecule has 0 radical (unpaired) electrons. The minimum atomic E-state index is 0. The molecule has 14 heavy (non-hydrogen) atoms. The zero-order valence-electron chi connectivity index (χ0n) is 8.32. The first-order valence-corrected chi connectivity index (χ1v) is 4.57. The van der Waals surface area contributed by atoms with Gasteiger partial charge < -0.3 is 4.74 Å². The maximum atomic E-state index is 7.42. The zero-order chi connectivity index (χ0) is 9.52. The first-order valence-electron chi connectivity index (χ1n) is 4.57. The van der Waals surface area contributed by atoms with Gasteiger partial charge in [0.2, 0.25) is 0 Å². The van der Waals surface area contributed by atoms with Gasteiger partial charge in [-0.25, -0.2) is 0 Å². The molecule has 0 bridgehead atoms. The summed E-state index contributed by atoms with van der Waals surface area (Å²) in [5, 5.41) is 7.42. The molecule has 0 aliphatic rings. The van der Waals surface area contributed by atoms with Crippen LogP contribution in [0.3, 0.4) is 0 Å². The van der Waals surface area contributed by atoms with Crippen LogP contribution in [0.1, 0.15) is 18.9 Å². The predicted octanol–water partition coefficient (Wildman–Crippen LogP) is 3.05. The summed E-state index contributed by atoms with van der Waals surface area (Å²) in [6.07, 6.45) is 1.58. The Morgan fingerprint density at radius 1 is 1.29 bits per heavy atom. The monoisotopic (exact) mass is 213 g/mol. The van der Waals surface area contributed by atoms with Crippen LogP contribution in [0.2, 0.25) is 0 Å². The summed E-state index contributed by atoms with van der Waals surface area (Å²) < 4.78 is 5.05. The van der Waals surface area contributed by atoms with E-state index in [-0.39, 0.29) is 12.4 Å². The van der Waals surface area contributed by atoms with Crippen molar-refractivity contribution in [3.8, 4) is 0 Å². The van der Waals surface area contributed by atoms with Crippen LogP contribution in [0.25, 0.3) is 0 Å². The molecule has 0 aliphatic heterocycles. The van der Waals surface area contributed by atoms with Crippen molar-refractivity contribution < 1.29 is 4.74 Å². The number of rotatable bonds is 4. The lowest BCUT2D eigenvalue weighted by Crippen LogP contribution is -2.03. The minimum absolute atomic E-state index is 0. The summed E-state index contributed by atoms with van der Waals surface area (Å²) >= 11 is 0. The summed E-state index contributed by atoms with van der Waals surface area (Å²) in [4.78, 5) is 0. The van der Waals surface area contributed by atoms with Crippen molar-refractivity contribution in [2.24, 2.45) is 0 Å². The van der Waals surface area contributed by atoms with Crippen molar-refractivity contribution in [2.45, 2.75) is 19.8 Å². The van der Waals surface area contributed by atoms with E-state index < -0.39 is 0 Å². The molecule has 0 saturated heterocycles. The molecule has 1 rings (SSSR count). The van der Waals surface area contributed by atoms with Crippen LogP contribution in [-0.2, 0) is 11.2 Å². The molecule has 0 amide bonds. The van der Waals surface area contributed by atoms with Gasteiger partial charge in [0.1, 0.15) is 0 Å². The highest BCUT2D eigenvalue weighted by Crippen LogP contribution is 2.03. The summed E-state index contributed by atoms with van der Waals surface area (Å²) in [6.45, 7) is 2.49. The molecule has 1 N–H and O–H groups in total.